The highest BCUT2D eigenvalue weighted by Gasteiger charge is 2.25. The third-order valence-corrected chi connectivity index (χ3v) is 5.54. The summed E-state index contributed by atoms with van der Waals surface area (Å²) < 4.78 is 13.1. The van der Waals surface area contributed by atoms with Crippen LogP contribution in [0.4, 0.5) is 10.1 Å². The molecule has 4 nitrogen and oxygen atoms in total. The van der Waals surface area contributed by atoms with Gasteiger partial charge in [-0.1, -0.05) is 13.8 Å². The molecule has 0 N–H and O–H groups in total. The van der Waals surface area contributed by atoms with Gasteiger partial charge in [0.1, 0.15) is 10.7 Å². The summed E-state index contributed by atoms with van der Waals surface area (Å²) in [5.41, 5.74) is 1.84. The predicted molar refractivity (Wildman–Crippen MR) is 99.9 cm³/mol. The van der Waals surface area contributed by atoms with Gasteiger partial charge in [0.15, 0.2) is 0 Å². The quantitative estimate of drug-likeness (QED) is 0.832. The molecule has 0 unspecified atom stereocenters. The Morgan fingerprint density at radius 1 is 1.20 bits per heavy atom. The Bertz CT molecular complexity index is 734. The number of aromatic nitrogens is 1. The van der Waals surface area contributed by atoms with Crippen LogP contribution in [-0.4, -0.2) is 42.0 Å². The zero-order valence-electron chi connectivity index (χ0n) is 15.0. The second kappa shape index (κ2) is 7.52. The van der Waals surface area contributed by atoms with Gasteiger partial charge < -0.3 is 9.80 Å². The first-order valence-corrected chi connectivity index (χ1v) is 9.52. The van der Waals surface area contributed by atoms with E-state index in [1.54, 1.807) is 12.1 Å². The molecule has 2 aromatic rings. The van der Waals surface area contributed by atoms with Crippen LogP contribution >= 0.6 is 11.3 Å². The van der Waals surface area contributed by atoms with Crippen molar-refractivity contribution in [1.82, 2.24) is 9.88 Å². The summed E-state index contributed by atoms with van der Waals surface area (Å²) in [6, 6.07) is 6.53. The van der Waals surface area contributed by atoms with E-state index in [2.05, 4.69) is 23.7 Å². The van der Waals surface area contributed by atoms with E-state index in [0.29, 0.717) is 19.0 Å². The Morgan fingerprint density at radius 2 is 1.84 bits per heavy atom. The van der Waals surface area contributed by atoms with Gasteiger partial charge in [-0.15, -0.1) is 11.3 Å². The average Bonchev–Trinajstić information content (AvgIpc) is 2.94. The highest BCUT2D eigenvalue weighted by molar-refractivity contribution is 7.13. The first-order chi connectivity index (χ1) is 11.9. The molecular weight excluding hydrogens is 337 g/mol. The van der Waals surface area contributed by atoms with Crippen molar-refractivity contribution in [1.29, 1.82) is 0 Å². The topological polar surface area (TPSA) is 36.4 Å². The van der Waals surface area contributed by atoms with Gasteiger partial charge in [0.05, 0.1) is 10.7 Å². The molecule has 1 aliphatic heterocycles. The first-order valence-electron chi connectivity index (χ1n) is 8.70. The number of aryl methyl sites for hydroxylation is 1. The maximum Gasteiger partial charge on any atom is 0.265 e. The van der Waals surface area contributed by atoms with Crippen molar-refractivity contribution in [3.63, 3.8) is 0 Å². The number of carbonyl (C=O) groups is 1. The number of rotatable bonds is 4. The fourth-order valence-electron chi connectivity index (χ4n) is 3.05. The lowest BCUT2D eigenvalue weighted by Crippen LogP contribution is -2.48. The molecule has 1 fully saturated rings. The maximum absolute atomic E-state index is 13.1. The van der Waals surface area contributed by atoms with Crippen LogP contribution < -0.4 is 4.90 Å². The van der Waals surface area contributed by atoms with E-state index in [0.717, 1.165) is 40.8 Å². The van der Waals surface area contributed by atoms with Gasteiger partial charge in [0.2, 0.25) is 0 Å². The molecule has 1 aromatic heterocycles. The van der Waals surface area contributed by atoms with Crippen molar-refractivity contribution in [2.24, 2.45) is 5.92 Å². The average molecular weight is 361 g/mol. The van der Waals surface area contributed by atoms with Crippen molar-refractivity contribution >= 4 is 22.9 Å². The Balaban J connectivity index is 1.63. The molecular formula is C19H24FN3OS. The van der Waals surface area contributed by atoms with Crippen LogP contribution in [0.15, 0.2) is 24.3 Å². The summed E-state index contributed by atoms with van der Waals surface area (Å²) in [5.74, 6) is 0.395. The van der Waals surface area contributed by atoms with Crippen LogP contribution in [0.25, 0.3) is 0 Å². The minimum Gasteiger partial charge on any atom is -0.368 e. The molecule has 134 valence electrons. The summed E-state index contributed by atoms with van der Waals surface area (Å²) in [7, 11) is 0. The lowest BCUT2D eigenvalue weighted by Gasteiger charge is -2.36. The molecule has 0 saturated carbocycles. The van der Waals surface area contributed by atoms with Crippen molar-refractivity contribution in [3.8, 4) is 0 Å². The van der Waals surface area contributed by atoms with Gasteiger partial charge in [0, 0.05) is 38.3 Å². The molecule has 1 aliphatic rings. The van der Waals surface area contributed by atoms with Gasteiger partial charge in [-0.3, -0.25) is 4.79 Å². The Morgan fingerprint density at radius 3 is 2.44 bits per heavy atom. The number of carbonyl (C=O) groups excluding carboxylic acids is 1. The molecule has 0 aliphatic carbocycles. The van der Waals surface area contributed by atoms with E-state index in [-0.39, 0.29) is 11.7 Å². The molecule has 6 heteroatoms. The Labute approximate surface area is 152 Å². The van der Waals surface area contributed by atoms with Gasteiger partial charge in [0.25, 0.3) is 5.91 Å². The number of halogens is 1. The zero-order valence-corrected chi connectivity index (χ0v) is 15.8. The van der Waals surface area contributed by atoms with Gasteiger partial charge in [-0.05, 0) is 37.1 Å². The van der Waals surface area contributed by atoms with Crippen molar-refractivity contribution in [3.05, 3.63) is 45.7 Å². The molecule has 0 atom stereocenters. The van der Waals surface area contributed by atoms with Crippen LogP contribution in [0, 0.1) is 18.7 Å². The maximum atomic E-state index is 13.1. The minimum atomic E-state index is -0.226. The van der Waals surface area contributed by atoms with Crippen LogP contribution in [0.2, 0.25) is 0 Å². The third-order valence-electron chi connectivity index (χ3n) is 4.38. The van der Waals surface area contributed by atoms with Gasteiger partial charge in [-0.25, -0.2) is 9.37 Å². The number of hydrogen-bond donors (Lipinski definition) is 0. The third kappa shape index (κ3) is 4.18. The van der Waals surface area contributed by atoms with Crippen LogP contribution in [-0.2, 0) is 6.42 Å². The van der Waals surface area contributed by atoms with Gasteiger partial charge >= 0.3 is 0 Å². The first kappa shape index (κ1) is 17.9. The largest absolute Gasteiger partial charge is 0.368 e. The van der Waals surface area contributed by atoms with Crippen molar-refractivity contribution in [2.75, 3.05) is 31.1 Å². The summed E-state index contributed by atoms with van der Waals surface area (Å²) in [5, 5.41) is 1.04. The van der Waals surface area contributed by atoms with E-state index >= 15 is 0 Å². The van der Waals surface area contributed by atoms with Crippen molar-refractivity contribution in [2.45, 2.75) is 27.2 Å². The van der Waals surface area contributed by atoms with Crippen LogP contribution in [0.1, 0.15) is 34.2 Å². The molecule has 25 heavy (non-hydrogen) atoms. The van der Waals surface area contributed by atoms with Crippen LogP contribution in [0.3, 0.4) is 0 Å². The molecule has 0 spiro atoms. The molecule has 1 aromatic carbocycles. The standard InChI is InChI=1S/C19H24FN3OS/c1-13(2)12-17-21-14(3)18(25-17)19(24)23-10-8-22(9-11-23)16-6-4-15(20)5-7-16/h4-7,13H,8-12H2,1-3H3. The number of anilines is 1. The SMILES string of the molecule is Cc1nc(CC(C)C)sc1C(=O)N1CCN(c2ccc(F)cc2)CC1. The van der Waals surface area contributed by atoms with Crippen LogP contribution in [0.5, 0.6) is 0 Å². The highest BCUT2D eigenvalue weighted by atomic mass is 32.1. The molecule has 2 heterocycles. The summed E-state index contributed by atoms with van der Waals surface area (Å²) >= 11 is 1.53. The number of nitrogens with zero attached hydrogens (tertiary/aromatic N) is 3. The summed E-state index contributed by atoms with van der Waals surface area (Å²) in [6.07, 6.45) is 0.914. The molecule has 1 amide bonds. The molecule has 0 radical (unpaired) electrons. The van der Waals surface area contributed by atoms with E-state index in [4.69, 9.17) is 0 Å². The molecule has 0 bridgehead atoms. The van der Waals surface area contributed by atoms with Gasteiger partial charge in [-0.2, -0.15) is 0 Å². The monoisotopic (exact) mass is 361 g/mol. The minimum absolute atomic E-state index is 0.0868. The van der Waals surface area contributed by atoms with E-state index < -0.39 is 0 Å². The number of hydrogen-bond acceptors (Lipinski definition) is 4. The van der Waals surface area contributed by atoms with E-state index in [1.165, 1.54) is 23.5 Å². The zero-order chi connectivity index (χ0) is 18.0. The number of amides is 1. The second-order valence-corrected chi connectivity index (χ2v) is 7.96. The lowest BCUT2D eigenvalue weighted by atomic mass is 10.1. The summed E-state index contributed by atoms with van der Waals surface area (Å²) in [4.78, 5) is 22.3. The lowest BCUT2D eigenvalue weighted by molar-refractivity contribution is 0.0750. The number of piperazine rings is 1. The Hall–Kier alpha value is -1.95. The Kier molecular flexibility index (Phi) is 5.37. The number of thiazole rings is 1. The fourth-order valence-corrected chi connectivity index (χ4v) is 4.30. The number of benzene rings is 1. The normalized spacial score (nSPS) is 15.1. The van der Waals surface area contributed by atoms with Crippen molar-refractivity contribution < 1.29 is 9.18 Å². The summed E-state index contributed by atoms with van der Waals surface area (Å²) in [6.45, 7) is 9.10. The fraction of sp³-hybridized carbons (Fsp3) is 0.474. The highest BCUT2D eigenvalue weighted by Crippen LogP contribution is 2.24. The molecule has 1 saturated heterocycles. The molecule has 3 rings (SSSR count). The predicted octanol–water partition coefficient (Wildman–Crippen LogP) is 3.75. The van der Waals surface area contributed by atoms with E-state index in [1.807, 2.05) is 11.8 Å². The second-order valence-electron chi connectivity index (χ2n) is 6.88. The smallest absolute Gasteiger partial charge is 0.265 e. The van der Waals surface area contributed by atoms with E-state index in [9.17, 15) is 9.18 Å².